The number of ether oxygens (including phenoxy) is 3. The highest BCUT2D eigenvalue weighted by molar-refractivity contribution is 5.96. The highest BCUT2D eigenvalue weighted by Gasteiger charge is 2.17. The SMILES string of the molecule is CCOCCCn1c(=N)c(C(=O)NCCc2ccc(OC)c(OC)c2)cc2c(=O)n3ccccc3nc21. The second kappa shape index (κ2) is 11.7. The quantitative estimate of drug-likeness (QED) is 0.239. The van der Waals surface area contributed by atoms with E-state index in [9.17, 15) is 9.59 Å². The van der Waals surface area contributed by atoms with Gasteiger partial charge >= 0.3 is 0 Å². The molecule has 10 heteroatoms. The first-order chi connectivity index (χ1) is 18.0. The summed E-state index contributed by atoms with van der Waals surface area (Å²) in [6.45, 7) is 3.73. The molecular formula is C27H31N5O5. The van der Waals surface area contributed by atoms with Crippen molar-refractivity contribution < 1.29 is 19.0 Å². The van der Waals surface area contributed by atoms with Gasteiger partial charge in [0.2, 0.25) is 0 Å². The van der Waals surface area contributed by atoms with E-state index >= 15 is 0 Å². The molecule has 0 unspecified atom stereocenters. The number of hydrogen-bond donors (Lipinski definition) is 2. The zero-order chi connectivity index (χ0) is 26.4. The summed E-state index contributed by atoms with van der Waals surface area (Å²) in [5.74, 6) is 0.817. The fourth-order valence-electron chi connectivity index (χ4n) is 4.20. The average molecular weight is 506 g/mol. The zero-order valence-corrected chi connectivity index (χ0v) is 21.2. The minimum absolute atomic E-state index is 0.000189. The molecule has 194 valence electrons. The van der Waals surface area contributed by atoms with Gasteiger partial charge in [0.15, 0.2) is 11.5 Å². The minimum atomic E-state index is -0.427. The standard InChI is InChI=1S/C27H31N5O5/c1-4-37-15-7-14-32-24(28)19(17-20-25(32)30-23-8-5-6-13-31(23)27(20)34)26(33)29-12-11-18-9-10-21(35-2)22(16-18)36-3/h5-6,8-10,13,16-17,28H,4,7,11-12,14-15H2,1-3H3,(H,29,33). The Morgan fingerprint density at radius 1 is 1.11 bits per heavy atom. The third-order valence-corrected chi connectivity index (χ3v) is 6.08. The highest BCUT2D eigenvalue weighted by atomic mass is 16.5. The summed E-state index contributed by atoms with van der Waals surface area (Å²) in [7, 11) is 3.15. The van der Waals surface area contributed by atoms with E-state index < -0.39 is 5.91 Å². The molecule has 2 N–H and O–H groups in total. The molecule has 1 aromatic carbocycles. The highest BCUT2D eigenvalue weighted by Crippen LogP contribution is 2.27. The number of nitrogens with one attached hydrogen (secondary N) is 2. The Balaban J connectivity index is 1.65. The molecule has 0 fully saturated rings. The van der Waals surface area contributed by atoms with E-state index in [1.165, 1.54) is 10.5 Å². The number of carbonyl (C=O) groups is 1. The number of hydrogen-bond acceptors (Lipinski definition) is 7. The van der Waals surface area contributed by atoms with E-state index in [0.717, 1.165) is 5.56 Å². The number of aryl methyl sites for hydroxylation is 1. The number of benzene rings is 1. The fraction of sp³-hybridized carbons (Fsp3) is 0.333. The Hall–Kier alpha value is -4.18. The van der Waals surface area contributed by atoms with Crippen LogP contribution in [-0.2, 0) is 17.7 Å². The van der Waals surface area contributed by atoms with Gasteiger partial charge in [0.1, 0.15) is 16.8 Å². The van der Waals surface area contributed by atoms with Crippen LogP contribution in [0.4, 0.5) is 0 Å². The molecule has 0 saturated heterocycles. The van der Waals surface area contributed by atoms with Crippen molar-refractivity contribution in [2.75, 3.05) is 34.0 Å². The number of pyridine rings is 2. The molecule has 0 radical (unpaired) electrons. The van der Waals surface area contributed by atoms with Gasteiger partial charge in [-0.1, -0.05) is 12.1 Å². The Morgan fingerprint density at radius 3 is 2.68 bits per heavy atom. The number of aromatic nitrogens is 3. The number of fused-ring (bicyclic) bond motifs is 2. The van der Waals surface area contributed by atoms with Crippen molar-refractivity contribution in [2.24, 2.45) is 0 Å². The Morgan fingerprint density at radius 2 is 1.92 bits per heavy atom. The van der Waals surface area contributed by atoms with Gasteiger partial charge in [-0.15, -0.1) is 0 Å². The van der Waals surface area contributed by atoms with Crippen LogP contribution in [0, 0.1) is 5.41 Å². The molecule has 0 atom stereocenters. The van der Waals surface area contributed by atoms with Gasteiger partial charge < -0.3 is 24.1 Å². The maximum absolute atomic E-state index is 13.3. The minimum Gasteiger partial charge on any atom is -0.493 e. The number of rotatable bonds is 11. The molecule has 3 aromatic heterocycles. The van der Waals surface area contributed by atoms with Crippen LogP contribution in [0.5, 0.6) is 11.5 Å². The maximum Gasteiger partial charge on any atom is 0.267 e. The van der Waals surface area contributed by atoms with Crippen LogP contribution in [0.25, 0.3) is 16.7 Å². The van der Waals surface area contributed by atoms with Crippen molar-refractivity contribution in [2.45, 2.75) is 26.3 Å². The van der Waals surface area contributed by atoms with Crippen molar-refractivity contribution in [3.05, 3.63) is 75.6 Å². The third kappa shape index (κ3) is 5.49. The summed E-state index contributed by atoms with van der Waals surface area (Å²) in [6, 6.07) is 12.3. The lowest BCUT2D eigenvalue weighted by atomic mass is 10.1. The van der Waals surface area contributed by atoms with E-state index in [1.807, 2.05) is 25.1 Å². The number of methoxy groups -OCH3 is 2. The predicted molar refractivity (Wildman–Crippen MR) is 140 cm³/mol. The normalized spacial score (nSPS) is 11.1. The molecule has 0 aliphatic rings. The Labute approximate surface area is 213 Å². The molecule has 0 saturated carbocycles. The van der Waals surface area contributed by atoms with Crippen molar-refractivity contribution >= 4 is 22.6 Å². The summed E-state index contributed by atoms with van der Waals surface area (Å²) in [6.07, 6.45) is 2.80. The molecule has 0 spiro atoms. The molecular weight excluding hydrogens is 474 g/mol. The van der Waals surface area contributed by atoms with E-state index in [1.54, 1.807) is 43.2 Å². The Bertz CT molecular complexity index is 1540. The molecule has 1 amide bonds. The van der Waals surface area contributed by atoms with Gasteiger partial charge in [0, 0.05) is 32.5 Å². The van der Waals surface area contributed by atoms with Crippen LogP contribution < -0.4 is 25.8 Å². The van der Waals surface area contributed by atoms with Gasteiger partial charge in [0.25, 0.3) is 11.5 Å². The van der Waals surface area contributed by atoms with Crippen LogP contribution in [-0.4, -0.2) is 53.8 Å². The van der Waals surface area contributed by atoms with Crippen molar-refractivity contribution in [3.8, 4) is 11.5 Å². The summed E-state index contributed by atoms with van der Waals surface area (Å²) in [4.78, 5) is 31.1. The molecule has 4 rings (SSSR count). The molecule has 0 aliphatic heterocycles. The smallest absolute Gasteiger partial charge is 0.267 e. The molecule has 0 bridgehead atoms. The van der Waals surface area contributed by atoms with Crippen molar-refractivity contribution in [1.82, 2.24) is 19.3 Å². The van der Waals surface area contributed by atoms with E-state index in [0.29, 0.717) is 61.9 Å². The maximum atomic E-state index is 13.3. The Kier molecular flexibility index (Phi) is 8.19. The molecule has 0 aliphatic carbocycles. The van der Waals surface area contributed by atoms with Gasteiger partial charge in [0.05, 0.1) is 25.2 Å². The zero-order valence-electron chi connectivity index (χ0n) is 21.2. The lowest BCUT2D eigenvalue weighted by Gasteiger charge is -2.15. The van der Waals surface area contributed by atoms with Gasteiger partial charge in [-0.3, -0.25) is 19.4 Å². The predicted octanol–water partition coefficient (Wildman–Crippen LogP) is 2.54. The first kappa shape index (κ1) is 25.9. The lowest BCUT2D eigenvalue weighted by molar-refractivity contribution is 0.0951. The second-order valence-electron chi connectivity index (χ2n) is 8.39. The van der Waals surface area contributed by atoms with Gasteiger partial charge in [-0.25, -0.2) is 4.98 Å². The summed E-state index contributed by atoms with van der Waals surface area (Å²) >= 11 is 0. The van der Waals surface area contributed by atoms with Crippen LogP contribution in [0.15, 0.2) is 53.5 Å². The van der Waals surface area contributed by atoms with Crippen LogP contribution >= 0.6 is 0 Å². The lowest BCUT2D eigenvalue weighted by Crippen LogP contribution is -2.35. The molecule has 10 nitrogen and oxygen atoms in total. The summed E-state index contributed by atoms with van der Waals surface area (Å²) < 4.78 is 19.1. The van der Waals surface area contributed by atoms with Crippen molar-refractivity contribution in [1.29, 1.82) is 5.41 Å². The van der Waals surface area contributed by atoms with E-state index in [4.69, 9.17) is 19.6 Å². The largest absolute Gasteiger partial charge is 0.493 e. The first-order valence-corrected chi connectivity index (χ1v) is 12.1. The first-order valence-electron chi connectivity index (χ1n) is 12.1. The molecule has 3 heterocycles. The monoisotopic (exact) mass is 505 g/mol. The van der Waals surface area contributed by atoms with Crippen molar-refractivity contribution in [3.63, 3.8) is 0 Å². The topological polar surface area (TPSA) is 120 Å². The second-order valence-corrected chi connectivity index (χ2v) is 8.39. The van der Waals surface area contributed by atoms with Crippen LogP contribution in [0.1, 0.15) is 29.3 Å². The third-order valence-electron chi connectivity index (χ3n) is 6.08. The van der Waals surface area contributed by atoms with E-state index in [-0.39, 0.29) is 22.0 Å². The van der Waals surface area contributed by atoms with Gasteiger partial charge in [-0.2, -0.15) is 0 Å². The number of nitrogens with zero attached hydrogens (tertiary/aromatic N) is 3. The van der Waals surface area contributed by atoms with Gasteiger partial charge in [-0.05, 0) is 55.7 Å². The van der Waals surface area contributed by atoms with E-state index in [2.05, 4.69) is 10.3 Å². The summed E-state index contributed by atoms with van der Waals surface area (Å²) in [5, 5.41) is 12.0. The molecule has 37 heavy (non-hydrogen) atoms. The fourth-order valence-corrected chi connectivity index (χ4v) is 4.20. The van der Waals surface area contributed by atoms with Crippen LogP contribution in [0.3, 0.4) is 0 Å². The number of amides is 1. The number of carbonyl (C=O) groups excluding carboxylic acids is 1. The molecule has 4 aromatic rings. The van der Waals surface area contributed by atoms with Crippen LogP contribution in [0.2, 0.25) is 0 Å². The average Bonchev–Trinajstić information content (AvgIpc) is 2.92. The summed E-state index contributed by atoms with van der Waals surface area (Å²) in [5.41, 5.74) is 1.64.